The van der Waals surface area contributed by atoms with Crippen molar-refractivity contribution < 1.29 is 42.9 Å². The van der Waals surface area contributed by atoms with Crippen LogP contribution in [0.5, 0.6) is 0 Å². The summed E-state index contributed by atoms with van der Waals surface area (Å²) in [5.41, 5.74) is 6.47. The molecule has 5 amide bonds. The topological polar surface area (TPSA) is 226 Å². The standard InChI is InChI=1S/C52H58N10O9/c1-31(2)44(58-50(65)68-3)48(63)62-24-23-60(52(67)69-4)30-43(62)47-54-28-40(56-47)33-14-12-32(13-15-33)38-18-16-35-27-36(17-19-39(35)55-38)41-29-53-46(57-41)42-11-8-22-61(42)49(64)45(34-9-6-5-7-10-34)59-51(66)71-37-20-25-70-26-21-37/h5-7,9-10,12-19,27-29,31,37,42-45H,8,11,20-26,30H2,1-4H3,(H,53,57)(H,54,56)(H,58,65)(H,59,66). The lowest BCUT2D eigenvalue weighted by Gasteiger charge is -2.41. The van der Waals surface area contributed by atoms with Gasteiger partial charge in [-0.3, -0.25) is 9.59 Å². The van der Waals surface area contributed by atoms with Gasteiger partial charge in [0.05, 0.1) is 75.0 Å². The van der Waals surface area contributed by atoms with Crippen molar-refractivity contribution in [1.29, 1.82) is 0 Å². The highest BCUT2D eigenvalue weighted by molar-refractivity contribution is 5.89. The Bertz CT molecular complexity index is 2860. The molecule has 370 valence electrons. The molecule has 4 N–H and O–H groups in total. The van der Waals surface area contributed by atoms with Crippen LogP contribution in [0.1, 0.15) is 74.9 Å². The van der Waals surface area contributed by atoms with Crippen LogP contribution in [0.3, 0.4) is 0 Å². The summed E-state index contributed by atoms with van der Waals surface area (Å²) in [5.74, 6) is 0.382. The zero-order chi connectivity index (χ0) is 49.6. The van der Waals surface area contributed by atoms with Crippen LogP contribution in [-0.4, -0.2) is 135 Å². The number of carbonyl (C=O) groups is 5. The molecule has 6 heterocycles. The number of nitrogens with zero attached hydrogens (tertiary/aromatic N) is 6. The summed E-state index contributed by atoms with van der Waals surface area (Å²) in [5, 5.41) is 6.46. The summed E-state index contributed by atoms with van der Waals surface area (Å²) < 4.78 is 20.9. The van der Waals surface area contributed by atoms with E-state index in [2.05, 4.69) is 31.7 Å². The third-order valence-electron chi connectivity index (χ3n) is 13.4. The Hall–Kier alpha value is -7.80. The van der Waals surface area contributed by atoms with E-state index in [1.54, 1.807) is 22.2 Å². The maximum Gasteiger partial charge on any atom is 0.409 e. The Morgan fingerprint density at radius 3 is 2.08 bits per heavy atom. The molecular formula is C52H58N10O9. The molecule has 3 saturated heterocycles. The lowest BCUT2D eigenvalue weighted by molar-refractivity contribution is -0.139. The smallest absolute Gasteiger partial charge is 0.409 e. The van der Waals surface area contributed by atoms with Gasteiger partial charge in [0, 0.05) is 49.0 Å². The highest BCUT2D eigenvalue weighted by Gasteiger charge is 2.40. The molecule has 4 atom stereocenters. The first-order valence-corrected chi connectivity index (χ1v) is 24.0. The maximum absolute atomic E-state index is 14.3. The fraction of sp³-hybridized carbons (Fsp3) is 0.385. The van der Waals surface area contributed by atoms with Gasteiger partial charge in [0.1, 0.15) is 35.9 Å². The molecular weight excluding hydrogens is 909 g/mol. The maximum atomic E-state index is 14.3. The molecule has 4 unspecified atom stereocenters. The van der Waals surface area contributed by atoms with Crippen LogP contribution in [0.15, 0.2) is 97.3 Å². The van der Waals surface area contributed by atoms with Crippen molar-refractivity contribution in [3.05, 3.63) is 115 Å². The summed E-state index contributed by atoms with van der Waals surface area (Å²) in [6.45, 7) is 5.86. The van der Waals surface area contributed by atoms with Gasteiger partial charge in [0.15, 0.2) is 0 Å². The molecule has 19 nitrogen and oxygen atoms in total. The number of H-pyrrole nitrogens is 2. The molecule has 71 heavy (non-hydrogen) atoms. The summed E-state index contributed by atoms with van der Waals surface area (Å²) >= 11 is 0. The molecule has 0 aliphatic carbocycles. The van der Waals surface area contributed by atoms with Gasteiger partial charge in [-0.1, -0.05) is 80.6 Å². The second-order valence-corrected chi connectivity index (χ2v) is 18.3. The predicted molar refractivity (Wildman–Crippen MR) is 261 cm³/mol. The number of nitrogens with one attached hydrogen (secondary N) is 4. The largest absolute Gasteiger partial charge is 0.453 e. The van der Waals surface area contributed by atoms with Gasteiger partial charge in [-0.15, -0.1) is 0 Å². The molecule has 19 heteroatoms. The number of hydrogen-bond acceptors (Lipinski definition) is 12. The number of carbonyl (C=O) groups excluding carboxylic acids is 5. The average Bonchev–Trinajstić information content (AvgIpc) is 4.22. The van der Waals surface area contributed by atoms with E-state index in [0.717, 1.165) is 51.8 Å². The highest BCUT2D eigenvalue weighted by atomic mass is 16.6. The third-order valence-corrected chi connectivity index (χ3v) is 13.4. The number of fused-ring (bicyclic) bond motifs is 1. The summed E-state index contributed by atoms with van der Waals surface area (Å²) in [6.07, 6.45) is 4.12. The number of aromatic amines is 2. The second-order valence-electron chi connectivity index (χ2n) is 18.3. The van der Waals surface area contributed by atoms with Crippen molar-refractivity contribution in [2.75, 3.05) is 53.6 Å². The number of ether oxygens (including phenoxy) is 4. The number of amides is 5. The first-order chi connectivity index (χ1) is 34.5. The Morgan fingerprint density at radius 2 is 1.38 bits per heavy atom. The lowest BCUT2D eigenvalue weighted by Crippen LogP contribution is -2.58. The summed E-state index contributed by atoms with van der Waals surface area (Å²) in [6, 6.07) is 24.5. The summed E-state index contributed by atoms with van der Waals surface area (Å²) in [7, 11) is 2.56. The average molecular weight is 967 g/mol. The number of piperazine rings is 1. The fourth-order valence-electron chi connectivity index (χ4n) is 9.54. The first kappa shape index (κ1) is 48.2. The van der Waals surface area contributed by atoms with E-state index in [0.29, 0.717) is 55.5 Å². The number of imidazole rings is 2. The van der Waals surface area contributed by atoms with Crippen molar-refractivity contribution in [2.45, 2.75) is 69.8 Å². The van der Waals surface area contributed by atoms with Crippen LogP contribution < -0.4 is 10.6 Å². The number of rotatable bonds is 12. The molecule has 0 bridgehead atoms. The Morgan fingerprint density at radius 1 is 0.704 bits per heavy atom. The molecule has 3 aromatic carbocycles. The van der Waals surface area contributed by atoms with Crippen molar-refractivity contribution in [3.63, 3.8) is 0 Å². The number of hydrogen-bond donors (Lipinski definition) is 4. The van der Waals surface area contributed by atoms with Crippen LogP contribution in [0.2, 0.25) is 0 Å². The van der Waals surface area contributed by atoms with E-state index >= 15 is 0 Å². The minimum Gasteiger partial charge on any atom is -0.453 e. The fourth-order valence-corrected chi connectivity index (χ4v) is 9.54. The van der Waals surface area contributed by atoms with E-state index in [1.807, 2.05) is 92.7 Å². The zero-order valence-corrected chi connectivity index (χ0v) is 40.1. The molecule has 9 rings (SSSR count). The molecule has 0 spiro atoms. The zero-order valence-electron chi connectivity index (χ0n) is 40.1. The predicted octanol–water partition coefficient (Wildman–Crippen LogP) is 7.32. The normalized spacial score (nSPS) is 18.2. The SMILES string of the molecule is COC(=O)NC(C(=O)N1CCN(C(=O)OC)CC1c1ncc(-c2ccc(-c3ccc4cc(-c5cnc(C6CCCN6C(=O)C(NC(=O)OC6CCOCC6)c6ccccc6)[nH]5)ccc4n3)cc2)[nH]1)C(C)C. The van der Waals surface area contributed by atoms with E-state index in [9.17, 15) is 24.0 Å². The molecule has 3 aromatic heterocycles. The first-order valence-electron chi connectivity index (χ1n) is 24.0. The van der Waals surface area contributed by atoms with Gasteiger partial charge in [0.25, 0.3) is 5.91 Å². The van der Waals surface area contributed by atoms with Crippen LogP contribution >= 0.6 is 0 Å². The van der Waals surface area contributed by atoms with E-state index in [1.165, 1.54) is 19.1 Å². The second kappa shape index (κ2) is 21.5. The number of benzene rings is 3. The lowest BCUT2D eigenvalue weighted by atomic mass is 10.0. The Kier molecular flexibility index (Phi) is 14.6. The molecule has 6 aromatic rings. The van der Waals surface area contributed by atoms with Crippen LogP contribution in [-0.2, 0) is 28.5 Å². The summed E-state index contributed by atoms with van der Waals surface area (Å²) in [4.78, 5) is 92.5. The molecule has 3 fully saturated rings. The van der Waals surface area contributed by atoms with Gasteiger partial charge in [-0.05, 0) is 48.1 Å². The number of pyridine rings is 1. The van der Waals surface area contributed by atoms with E-state index < -0.39 is 36.4 Å². The van der Waals surface area contributed by atoms with Gasteiger partial charge >= 0.3 is 18.3 Å². The minimum atomic E-state index is -0.927. The minimum absolute atomic E-state index is 0.139. The van der Waals surface area contributed by atoms with Gasteiger partial charge < -0.3 is 54.2 Å². The third kappa shape index (κ3) is 10.7. The van der Waals surface area contributed by atoms with Gasteiger partial charge in [0.2, 0.25) is 5.91 Å². The molecule has 3 aliphatic rings. The molecule has 3 aliphatic heterocycles. The number of aromatic nitrogens is 5. The molecule has 0 saturated carbocycles. The van der Waals surface area contributed by atoms with E-state index in [-0.39, 0.29) is 49.5 Å². The monoisotopic (exact) mass is 966 g/mol. The Balaban J connectivity index is 0.879. The van der Waals surface area contributed by atoms with Crippen molar-refractivity contribution in [2.24, 2.45) is 5.92 Å². The van der Waals surface area contributed by atoms with Gasteiger partial charge in [-0.2, -0.15) is 0 Å². The highest BCUT2D eigenvalue weighted by Crippen LogP contribution is 2.35. The van der Waals surface area contributed by atoms with Crippen molar-refractivity contribution in [1.82, 2.24) is 50.3 Å². The van der Waals surface area contributed by atoms with Crippen molar-refractivity contribution >= 4 is 41.0 Å². The van der Waals surface area contributed by atoms with Crippen LogP contribution in [0.4, 0.5) is 14.4 Å². The van der Waals surface area contributed by atoms with E-state index in [4.69, 9.17) is 28.9 Å². The van der Waals surface area contributed by atoms with Crippen molar-refractivity contribution in [3.8, 4) is 33.8 Å². The number of alkyl carbamates (subject to hydrolysis) is 2. The quantitative estimate of drug-likeness (QED) is 0.0885. The Labute approximate surface area is 410 Å². The molecule has 0 radical (unpaired) electrons. The number of methoxy groups -OCH3 is 2. The number of likely N-dealkylation sites (tertiary alicyclic amines) is 1. The van der Waals surface area contributed by atoms with Crippen LogP contribution in [0, 0.1) is 5.92 Å². The van der Waals surface area contributed by atoms with Crippen LogP contribution in [0.25, 0.3) is 44.7 Å². The van der Waals surface area contributed by atoms with Gasteiger partial charge in [-0.25, -0.2) is 29.3 Å².